The Kier molecular flexibility index (Phi) is 4.50. The summed E-state index contributed by atoms with van der Waals surface area (Å²) in [4.78, 5) is 54.3. The molecule has 8 fully saturated rings. The van der Waals surface area contributed by atoms with Gasteiger partial charge in [0, 0.05) is 29.6 Å². The average Bonchev–Trinajstić information content (AvgIpc) is 3.44. The van der Waals surface area contributed by atoms with E-state index < -0.39 is 105 Å². The molecule has 3 spiro atoms. The van der Waals surface area contributed by atoms with Crippen LogP contribution in [0.15, 0.2) is 0 Å². The molecule has 6 aliphatic heterocycles. The first kappa shape index (κ1) is 25.8. The molecule has 6 saturated heterocycles. The van der Waals surface area contributed by atoms with E-state index in [1.54, 1.807) is 13.8 Å². The van der Waals surface area contributed by atoms with Gasteiger partial charge in [0.05, 0.1) is 35.6 Å². The number of carbonyl (C=O) groups is 4. The number of carbonyl (C=O) groups excluding carboxylic acids is 4. The molecular formula is C29H36O11. The molecule has 0 radical (unpaired) electrons. The number of aliphatic hydroxyl groups is 2. The fraction of sp³-hybridized carbons (Fsp3) is 0.862. The lowest BCUT2D eigenvalue weighted by molar-refractivity contribution is -0.336. The van der Waals surface area contributed by atoms with Crippen LogP contribution in [0.2, 0.25) is 0 Å². The third-order valence-corrected chi connectivity index (χ3v) is 12.3. The minimum atomic E-state index is -1.99. The summed E-state index contributed by atoms with van der Waals surface area (Å²) >= 11 is 0. The summed E-state index contributed by atoms with van der Waals surface area (Å²) in [6, 6.07) is 0. The van der Waals surface area contributed by atoms with Gasteiger partial charge >= 0.3 is 11.9 Å². The molecule has 0 aromatic rings. The number of esters is 2. The lowest BCUT2D eigenvalue weighted by atomic mass is 9.60. The van der Waals surface area contributed by atoms with E-state index in [2.05, 4.69) is 0 Å². The second-order valence-corrected chi connectivity index (χ2v) is 14.7. The van der Waals surface area contributed by atoms with Crippen LogP contribution in [-0.4, -0.2) is 86.3 Å². The number of aliphatic hydroxyl groups excluding tert-OH is 1. The van der Waals surface area contributed by atoms with Crippen LogP contribution >= 0.6 is 0 Å². The van der Waals surface area contributed by atoms with Gasteiger partial charge in [-0.05, 0) is 47.0 Å². The maximum atomic E-state index is 14.8. The second-order valence-electron chi connectivity index (χ2n) is 14.7. The quantitative estimate of drug-likeness (QED) is 0.400. The molecule has 0 aromatic carbocycles. The molecule has 11 nitrogen and oxygen atoms in total. The first-order valence-corrected chi connectivity index (χ1v) is 14.5. The Balaban J connectivity index is 1.33. The van der Waals surface area contributed by atoms with Crippen molar-refractivity contribution in [3.05, 3.63) is 0 Å². The lowest BCUT2D eigenvalue weighted by Crippen LogP contribution is -2.65. The van der Waals surface area contributed by atoms with E-state index in [1.165, 1.54) is 6.92 Å². The Labute approximate surface area is 231 Å². The van der Waals surface area contributed by atoms with Gasteiger partial charge in [-0.1, -0.05) is 6.92 Å². The Bertz CT molecular complexity index is 1290. The van der Waals surface area contributed by atoms with Crippen molar-refractivity contribution in [1.29, 1.82) is 0 Å². The molecule has 2 aliphatic carbocycles. The predicted molar refractivity (Wildman–Crippen MR) is 130 cm³/mol. The Hall–Kier alpha value is -1.92. The number of rotatable bonds is 0. The van der Waals surface area contributed by atoms with E-state index in [9.17, 15) is 29.4 Å². The van der Waals surface area contributed by atoms with Crippen molar-refractivity contribution >= 4 is 23.5 Å². The van der Waals surface area contributed by atoms with Gasteiger partial charge in [-0.15, -0.1) is 0 Å². The highest BCUT2D eigenvalue weighted by molar-refractivity contribution is 6.00. The zero-order valence-corrected chi connectivity index (χ0v) is 23.3. The van der Waals surface area contributed by atoms with Crippen molar-refractivity contribution in [2.75, 3.05) is 0 Å². The molecule has 0 aromatic heterocycles. The maximum Gasteiger partial charge on any atom is 0.311 e. The normalized spacial score (nSPS) is 60.6. The number of ether oxygens (including phenoxy) is 5. The summed E-state index contributed by atoms with van der Waals surface area (Å²) < 4.78 is 31.7. The number of ketones is 2. The molecule has 40 heavy (non-hydrogen) atoms. The number of fused-ring (bicyclic) bond motifs is 2. The van der Waals surface area contributed by atoms with Crippen LogP contribution in [0.1, 0.15) is 66.7 Å². The standard InChI is InChI=1S/C29H36O11/c1-11-18-19(36-22(11)33)17-20-25(4,23(34)26(17,5)35)6-7-27-10-28-13(24(2,3)37-14(28)9-15(31)38-28)8-12(30)16(27)21(32)29(20,39-18)40-27/h11-14,16-20,30,35H,6-10H2,1-5H3/t11-,12-,13-,14+,16-,17+,18+,19-,20+,25-,26-,27-,28+,29-/m1/s1. The van der Waals surface area contributed by atoms with Gasteiger partial charge in [-0.2, -0.15) is 0 Å². The largest absolute Gasteiger partial charge is 0.459 e. The molecule has 8 rings (SSSR count). The minimum Gasteiger partial charge on any atom is -0.459 e. The number of hydrogen-bond acceptors (Lipinski definition) is 11. The molecule has 2 bridgehead atoms. The molecule has 0 unspecified atom stereocenters. The van der Waals surface area contributed by atoms with Crippen molar-refractivity contribution in [2.24, 2.45) is 35.0 Å². The average molecular weight is 561 g/mol. The van der Waals surface area contributed by atoms with Crippen LogP contribution in [0.4, 0.5) is 0 Å². The van der Waals surface area contributed by atoms with Gasteiger partial charge in [-0.25, -0.2) is 0 Å². The molecule has 8 aliphatic rings. The van der Waals surface area contributed by atoms with Crippen molar-refractivity contribution in [3.8, 4) is 0 Å². The third-order valence-electron chi connectivity index (χ3n) is 12.3. The van der Waals surface area contributed by atoms with Gasteiger partial charge < -0.3 is 33.9 Å². The van der Waals surface area contributed by atoms with Crippen molar-refractivity contribution in [1.82, 2.24) is 0 Å². The summed E-state index contributed by atoms with van der Waals surface area (Å²) in [5.74, 6) is -7.87. The maximum absolute atomic E-state index is 14.8. The van der Waals surface area contributed by atoms with Crippen LogP contribution in [0.3, 0.4) is 0 Å². The lowest BCUT2D eigenvalue weighted by Gasteiger charge is -2.50. The van der Waals surface area contributed by atoms with E-state index in [1.807, 2.05) is 13.8 Å². The highest BCUT2D eigenvalue weighted by Gasteiger charge is 2.85. The smallest absolute Gasteiger partial charge is 0.311 e. The van der Waals surface area contributed by atoms with Crippen LogP contribution in [0.5, 0.6) is 0 Å². The van der Waals surface area contributed by atoms with Gasteiger partial charge in [0.25, 0.3) is 0 Å². The third kappa shape index (κ3) is 2.55. The highest BCUT2D eigenvalue weighted by Crippen LogP contribution is 2.71. The van der Waals surface area contributed by atoms with E-state index in [0.717, 1.165) is 0 Å². The zero-order valence-electron chi connectivity index (χ0n) is 23.3. The fourth-order valence-electron chi connectivity index (χ4n) is 10.8. The SMILES string of the molecule is C[C@H]1C(=O)O[C@H]2[C@H]1O[C@@]13O[C@]4(CC[C@@]5(C)C(=O)[C@](C)(O)[C@@H]2[C@H]15)C[C@@]12OC(=O)C[C@@H]1OC(C)(C)[C@H]2C[C@@H](O)[C@@H]4C3=O. The fourth-order valence-corrected chi connectivity index (χ4v) is 10.8. The summed E-state index contributed by atoms with van der Waals surface area (Å²) in [7, 11) is 0. The molecule has 14 atom stereocenters. The summed E-state index contributed by atoms with van der Waals surface area (Å²) in [6.45, 7) is 8.62. The molecule has 0 amide bonds. The van der Waals surface area contributed by atoms with Gasteiger partial charge in [-0.3, -0.25) is 19.2 Å². The van der Waals surface area contributed by atoms with Crippen LogP contribution in [0, 0.1) is 35.0 Å². The van der Waals surface area contributed by atoms with E-state index in [4.69, 9.17) is 23.7 Å². The van der Waals surface area contributed by atoms with Crippen molar-refractivity contribution in [3.63, 3.8) is 0 Å². The Morgan fingerprint density at radius 3 is 2.42 bits per heavy atom. The first-order valence-electron chi connectivity index (χ1n) is 14.5. The van der Waals surface area contributed by atoms with E-state index >= 15 is 0 Å². The van der Waals surface area contributed by atoms with Crippen LogP contribution in [-0.2, 0) is 42.9 Å². The monoisotopic (exact) mass is 560 g/mol. The van der Waals surface area contributed by atoms with Crippen LogP contribution in [0.25, 0.3) is 0 Å². The van der Waals surface area contributed by atoms with Crippen molar-refractivity contribution in [2.45, 2.75) is 119 Å². The Morgan fingerprint density at radius 2 is 1.70 bits per heavy atom. The molecule has 2 saturated carbocycles. The summed E-state index contributed by atoms with van der Waals surface area (Å²) in [6.07, 6.45) is -2.79. The van der Waals surface area contributed by atoms with Crippen molar-refractivity contribution < 1.29 is 53.1 Å². The van der Waals surface area contributed by atoms with Gasteiger partial charge in [0.15, 0.2) is 5.78 Å². The molecular weight excluding hydrogens is 524 g/mol. The summed E-state index contributed by atoms with van der Waals surface area (Å²) in [5.41, 5.74) is -6.27. The van der Waals surface area contributed by atoms with Gasteiger partial charge in [0.2, 0.25) is 11.6 Å². The van der Waals surface area contributed by atoms with Crippen LogP contribution < -0.4 is 0 Å². The minimum absolute atomic E-state index is 0.0663. The Morgan fingerprint density at radius 1 is 0.975 bits per heavy atom. The molecule has 6 heterocycles. The summed E-state index contributed by atoms with van der Waals surface area (Å²) in [5, 5.41) is 23.5. The predicted octanol–water partition coefficient (Wildman–Crippen LogP) is 0.598. The second kappa shape index (κ2) is 6.99. The number of hydrogen-bond donors (Lipinski definition) is 2. The zero-order chi connectivity index (χ0) is 28.6. The highest BCUT2D eigenvalue weighted by atomic mass is 16.7. The number of Topliss-reactive ketones (excluding diaryl/α,β-unsaturated/α-hetero) is 2. The molecule has 2 N–H and O–H groups in total. The van der Waals surface area contributed by atoms with E-state index in [0.29, 0.717) is 0 Å². The topological polar surface area (TPSA) is 155 Å². The van der Waals surface area contributed by atoms with Gasteiger partial charge in [0.1, 0.15) is 29.5 Å². The first-order chi connectivity index (χ1) is 18.5. The van der Waals surface area contributed by atoms with E-state index in [-0.39, 0.29) is 38.0 Å². The molecule has 11 heteroatoms. The molecule has 218 valence electrons.